The van der Waals surface area contributed by atoms with E-state index in [-0.39, 0.29) is 10.6 Å². The quantitative estimate of drug-likeness (QED) is 0.556. The third-order valence-electron chi connectivity index (χ3n) is 3.69. The van der Waals surface area contributed by atoms with Crippen molar-refractivity contribution in [2.45, 2.75) is 45.6 Å². The molecule has 0 aromatic heterocycles. The molecule has 1 aromatic rings. The van der Waals surface area contributed by atoms with Crippen LogP contribution in [0.3, 0.4) is 0 Å². The first-order chi connectivity index (χ1) is 9.62. The predicted molar refractivity (Wildman–Crippen MR) is 82.3 cm³/mol. The number of non-ortho nitro benzene ring substituents is 1. The lowest BCUT2D eigenvalue weighted by Gasteiger charge is -2.18. The SMILES string of the molecule is CCNc1cc(NC(CC)CC2CC2)cc([N+](=O)[O-])c1. The van der Waals surface area contributed by atoms with Gasteiger partial charge in [-0.3, -0.25) is 10.1 Å². The summed E-state index contributed by atoms with van der Waals surface area (Å²) in [5.74, 6) is 0.847. The van der Waals surface area contributed by atoms with E-state index in [1.54, 1.807) is 12.1 Å². The molecule has 5 heteroatoms. The van der Waals surface area contributed by atoms with E-state index in [1.807, 2.05) is 13.0 Å². The van der Waals surface area contributed by atoms with Crippen molar-refractivity contribution < 1.29 is 4.92 Å². The Morgan fingerprint density at radius 3 is 2.55 bits per heavy atom. The lowest BCUT2D eigenvalue weighted by molar-refractivity contribution is -0.384. The lowest BCUT2D eigenvalue weighted by atomic mass is 10.1. The molecule has 110 valence electrons. The second kappa shape index (κ2) is 6.59. The number of hydrogen-bond acceptors (Lipinski definition) is 4. The number of nitro groups is 1. The molecule has 2 N–H and O–H groups in total. The van der Waals surface area contributed by atoms with Crippen molar-refractivity contribution in [3.63, 3.8) is 0 Å². The highest BCUT2D eigenvalue weighted by atomic mass is 16.6. The summed E-state index contributed by atoms with van der Waals surface area (Å²) in [5, 5.41) is 17.6. The topological polar surface area (TPSA) is 67.2 Å². The van der Waals surface area contributed by atoms with Crippen molar-refractivity contribution >= 4 is 17.1 Å². The van der Waals surface area contributed by atoms with E-state index in [2.05, 4.69) is 17.6 Å². The highest BCUT2D eigenvalue weighted by Crippen LogP contribution is 2.35. The molecule has 1 aliphatic rings. The van der Waals surface area contributed by atoms with Crippen LogP contribution in [-0.4, -0.2) is 17.5 Å². The van der Waals surface area contributed by atoms with Crippen LogP contribution in [-0.2, 0) is 0 Å². The van der Waals surface area contributed by atoms with E-state index >= 15 is 0 Å². The van der Waals surface area contributed by atoms with E-state index < -0.39 is 0 Å². The van der Waals surface area contributed by atoms with E-state index in [0.717, 1.165) is 36.7 Å². The monoisotopic (exact) mass is 277 g/mol. The third-order valence-corrected chi connectivity index (χ3v) is 3.69. The minimum absolute atomic E-state index is 0.132. The van der Waals surface area contributed by atoms with Crippen LogP contribution in [0.4, 0.5) is 17.1 Å². The largest absolute Gasteiger partial charge is 0.385 e. The zero-order chi connectivity index (χ0) is 14.5. The molecular formula is C15H23N3O2. The van der Waals surface area contributed by atoms with Crippen LogP contribution in [0.15, 0.2) is 18.2 Å². The van der Waals surface area contributed by atoms with Gasteiger partial charge in [0.2, 0.25) is 0 Å². The summed E-state index contributed by atoms with van der Waals surface area (Å²) < 4.78 is 0. The molecule has 0 heterocycles. The number of benzene rings is 1. The number of hydrogen-bond donors (Lipinski definition) is 2. The van der Waals surface area contributed by atoms with Gasteiger partial charge < -0.3 is 10.6 Å². The fourth-order valence-corrected chi connectivity index (χ4v) is 2.43. The normalized spacial score (nSPS) is 15.7. The van der Waals surface area contributed by atoms with E-state index in [1.165, 1.54) is 12.8 Å². The summed E-state index contributed by atoms with van der Waals surface area (Å²) in [6, 6.07) is 5.55. The Bertz CT molecular complexity index is 472. The summed E-state index contributed by atoms with van der Waals surface area (Å²) in [6.07, 6.45) is 4.86. The van der Waals surface area contributed by atoms with Crippen molar-refractivity contribution in [1.82, 2.24) is 0 Å². The maximum atomic E-state index is 11.0. The van der Waals surface area contributed by atoms with Gasteiger partial charge in [0.25, 0.3) is 5.69 Å². The summed E-state index contributed by atoms with van der Waals surface area (Å²) in [7, 11) is 0. The fourth-order valence-electron chi connectivity index (χ4n) is 2.43. The van der Waals surface area contributed by atoms with E-state index in [9.17, 15) is 10.1 Å². The van der Waals surface area contributed by atoms with Crippen molar-refractivity contribution in [2.75, 3.05) is 17.2 Å². The van der Waals surface area contributed by atoms with Gasteiger partial charge in [0.15, 0.2) is 0 Å². The Morgan fingerprint density at radius 1 is 1.30 bits per heavy atom. The van der Waals surface area contributed by atoms with Crippen LogP contribution >= 0.6 is 0 Å². The van der Waals surface area contributed by atoms with Crippen LogP contribution in [0.2, 0.25) is 0 Å². The highest BCUT2D eigenvalue weighted by Gasteiger charge is 2.25. The Labute approximate surface area is 119 Å². The maximum Gasteiger partial charge on any atom is 0.273 e. The van der Waals surface area contributed by atoms with Gasteiger partial charge in [-0.2, -0.15) is 0 Å². The van der Waals surface area contributed by atoms with Gasteiger partial charge in [-0.1, -0.05) is 19.8 Å². The van der Waals surface area contributed by atoms with Crippen molar-refractivity contribution in [3.05, 3.63) is 28.3 Å². The van der Waals surface area contributed by atoms with Gasteiger partial charge in [-0.05, 0) is 31.7 Å². The molecule has 1 fully saturated rings. The van der Waals surface area contributed by atoms with Gasteiger partial charge in [0.05, 0.1) is 4.92 Å². The molecular weight excluding hydrogens is 254 g/mol. The molecule has 5 nitrogen and oxygen atoms in total. The maximum absolute atomic E-state index is 11.0. The zero-order valence-corrected chi connectivity index (χ0v) is 12.2. The van der Waals surface area contributed by atoms with Crippen LogP contribution in [0.25, 0.3) is 0 Å². The molecule has 0 amide bonds. The number of nitrogens with zero attached hydrogens (tertiary/aromatic N) is 1. The standard InChI is InChI=1S/C15H23N3O2/c1-3-12(7-11-5-6-11)17-14-8-13(16-4-2)9-15(10-14)18(19)20/h8-12,16-17H,3-7H2,1-2H3. The predicted octanol–water partition coefficient (Wildman–Crippen LogP) is 4.02. The average Bonchev–Trinajstić information content (AvgIpc) is 3.22. The lowest BCUT2D eigenvalue weighted by Crippen LogP contribution is -2.19. The summed E-state index contributed by atoms with van der Waals surface area (Å²) in [5.41, 5.74) is 1.76. The molecule has 0 radical (unpaired) electrons. The van der Waals surface area contributed by atoms with Gasteiger partial charge in [0.1, 0.15) is 0 Å². The zero-order valence-electron chi connectivity index (χ0n) is 12.2. The third kappa shape index (κ3) is 4.11. The molecule has 1 aliphatic carbocycles. The van der Waals surface area contributed by atoms with Crippen LogP contribution < -0.4 is 10.6 Å². The molecule has 2 rings (SSSR count). The van der Waals surface area contributed by atoms with Gasteiger partial charge in [-0.15, -0.1) is 0 Å². The van der Waals surface area contributed by atoms with E-state index in [4.69, 9.17) is 0 Å². The Kier molecular flexibility index (Phi) is 4.82. The van der Waals surface area contributed by atoms with Crippen molar-refractivity contribution in [3.8, 4) is 0 Å². The highest BCUT2D eigenvalue weighted by molar-refractivity contribution is 5.63. The molecule has 20 heavy (non-hydrogen) atoms. The molecule has 1 atom stereocenters. The molecule has 1 aromatic carbocycles. The fraction of sp³-hybridized carbons (Fsp3) is 0.600. The number of nitro benzene ring substituents is 1. The average molecular weight is 277 g/mol. The Morgan fingerprint density at radius 2 is 2.00 bits per heavy atom. The Hall–Kier alpha value is -1.78. The van der Waals surface area contributed by atoms with Gasteiger partial charge >= 0.3 is 0 Å². The first-order valence-electron chi connectivity index (χ1n) is 7.42. The summed E-state index contributed by atoms with van der Waals surface area (Å²) in [6.45, 7) is 4.89. The van der Waals surface area contributed by atoms with Gasteiger partial charge in [-0.25, -0.2) is 0 Å². The number of nitrogens with one attached hydrogen (secondary N) is 2. The van der Waals surface area contributed by atoms with Crippen molar-refractivity contribution in [2.24, 2.45) is 5.92 Å². The first kappa shape index (κ1) is 14.6. The second-order valence-electron chi connectivity index (χ2n) is 5.48. The second-order valence-corrected chi connectivity index (χ2v) is 5.48. The number of rotatable bonds is 8. The molecule has 0 saturated heterocycles. The minimum Gasteiger partial charge on any atom is -0.385 e. The number of anilines is 2. The Balaban J connectivity index is 2.13. The van der Waals surface area contributed by atoms with Gasteiger partial charge in [0, 0.05) is 36.1 Å². The minimum atomic E-state index is -0.339. The van der Waals surface area contributed by atoms with Crippen LogP contribution in [0.5, 0.6) is 0 Å². The van der Waals surface area contributed by atoms with E-state index in [0.29, 0.717) is 6.04 Å². The van der Waals surface area contributed by atoms with Crippen LogP contribution in [0, 0.1) is 16.0 Å². The smallest absolute Gasteiger partial charge is 0.273 e. The molecule has 0 spiro atoms. The molecule has 1 saturated carbocycles. The first-order valence-corrected chi connectivity index (χ1v) is 7.42. The molecule has 1 unspecified atom stereocenters. The molecule has 0 aliphatic heterocycles. The summed E-state index contributed by atoms with van der Waals surface area (Å²) >= 11 is 0. The van der Waals surface area contributed by atoms with Crippen molar-refractivity contribution in [1.29, 1.82) is 0 Å². The molecule has 0 bridgehead atoms. The van der Waals surface area contributed by atoms with Crippen LogP contribution in [0.1, 0.15) is 39.5 Å². The summed E-state index contributed by atoms with van der Waals surface area (Å²) in [4.78, 5) is 10.7.